The summed E-state index contributed by atoms with van der Waals surface area (Å²) in [5.74, 6) is 0. The van der Waals surface area contributed by atoms with Crippen LogP contribution in [0.3, 0.4) is 0 Å². The van der Waals surface area contributed by atoms with Crippen LogP contribution in [0.2, 0.25) is 0 Å². The molecule has 0 fully saturated rings. The first kappa shape index (κ1) is 11.8. The number of hydrogen-bond donors (Lipinski definition) is 0. The molecule has 1 aromatic carbocycles. The number of benzene rings is 1. The summed E-state index contributed by atoms with van der Waals surface area (Å²) in [6.07, 6.45) is 0.836. The molecule has 78 valence electrons. The molecule has 0 saturated heterocycles. The van der Waals surface area contributed by atoms with Crippen LogP contribution in [-0.4, -0.2) is 0 Å². The molecule has 0 aliphatic carbocycles. The first-order chi connectivity index (χ1) is 7.72. The van der Waals surface area contributed by atoms with Gasteiger partial charge in [0.2, 0.25) is 0 Å². The predicted molar refractivity (Wildman–Crippen MR) is 59.1 cm³/mol. The fraction of sp³-hybridized carbons (Fsp3) is 0.308. The van der Waals surface area contributed by atoms with Gasteiger partial charge in [0.1, 0.15) is 0 Å². The second-order valence-corrected chi connectivity index (χ2v) is 3.57. The minimum absolute atomic E-state index is 0.258. The largest absolute Gasteiger partial charge is 0.198 e. The molecule has 0 radical (unpaired) electrons. The number of hydrogen-bond acceptors (Lipinski definition) is 3. The van der Waals surface area contributed by atoms with Gasteiger partial charge in [0.15, 0.2) is 0 Å². The molecule has 0 aliphatic rings. The zero-order valence-electron chi connectivity index (χ0n) is 9.12. The van der Waals surface area contributed by atoms with Crippen LogP contribution in [-0.2, 0) is 19.3 Å². The Bertz CT molecular complexity index is 472. The second-order valence-electron chi connectivity index (χ2n) is 3.57. The lowest BCUT2D eigenvalue weighted by molar-refractivity contribution is 1.08. The average Bonchev–Trinajstić information content (AvgIpc) is 2.24. The number of aryl methyl sites for hydroxylation is 1. The van der Waals surface area contributed by atoms with Gasteiger partial charge in [-0.1, -0.05) is 17.7 Å². The molecule has 16 heavy (non-hydrogen) atoms. The van der Waals surface area contributed by atoms with E-state index in [9.17, 15) is 0 Å². The van der Waals surface area contributed by atoms with Crippen LogP contribution in [0.1, 0.15) is 22.3 Å². The summed E-state index contributed by atoms with van der Waals surface area (Å²) >= 11 is 0. The maximum atomic E-state index is 8.76. The van der Waals surface area contributed by atoms with Crippen molar-refractivity contribution in [3.05, 3.63) is 34.4 Å². The lowest BCUT2D eigenvalue weighted by Gasteiger charge is -2.10. The molecule has 0 bridgehead atoms. The summed E-state index contributed by atoms with van der Waals surface area (Å²) in [5, 5.41) is 26.2. The van der Waals surface area contributed by atoms with Crippen molar-refractivity contribution in [1.82, 2.24) is 0 Å². The molecule has 0 N–H and O–H groups in total. The van der Waals surface area contributed by atoms with Gasteiger partial charge in [0, 0.05) is 0 Å². The molecule has 0 saturated carbocycles. The van der Waals surface area contributed by atoms with Crippen molar-refractivity contribution in [3.63, 3.8) is 0 Å². The maximum Gasteiger partial charge on any atom is 0.0669 e. The van der Waals surface area contributed by atoms with Crippen molar-refractivity contribution in [3.8, 4) is 18.2 Å². The van der Waals surface area contributed by atoms with Crippen LogP contribution in [0.25, 0.3) is 0 Å². The van der Waals surface area contributed by atoms with Crippen molar-refractivity contribution in [2.24, 2.45) is 0 Å². The van der Waals surface area contributed by atoms with E-state index < -0.39 is 0 Å². The Kier molecular flexibility index (Phi) is 4.07. The Morgan fingerprint density at radius 3 is 1.69 bits per heavy atom. The van der Waals surface area contributed by atoms with Crippen LogP contribution in [0.4, 0.5) is 0 Å². The van der Waals surface area contributed by atoms with E-state index >= 15 is 0 Å². The van der Waals surface area contributed by atoms with Crippen LogP contribution in [0, 0.1) is 40.9 Å². The number of rotatable bonds is 3. The molecule has 0 amide bonds. The Labute approximate surface area is 95.2 Å². The minimum Gasteiger partial charge on any atom is -0.198 e. The molecule has 0 aliphatic heterocycles. The van der Waals surface area contributed by atoms with Gasteiger partial charge in [-0.3, -0.25) is 0 Å². The molecule has 0 atom stereocenters. The molecule has 0 heterocycles. The number of nitriles is 3. The Morgan fingerprint density at radius 2 is 1.31 bits per heavy atom. The third kappa shape index (κ3) is 2.59. The summed E-state index contributed by atoms with van der Waals surface area (Å²) in [4.78, 5) is 0. The molecular weight excluding hydrogens is 198 g/mol. The quantitative estimate of drug-likeness (QED) is 0.766. The highest BCUT2D eigenvalue weighted by Crippen LogP contribution is 2.19. The lowest BCUT2D eigenvalue weighted by Crippen LogP contribution is -2.00. The molecule has 3 nitrogen and oxygen atoms in total. The van der Waals surface area contributed by atoms with Gasteiger partial charge >= 0.3 is 0 Å². The maximum absolute atomic E-state index is 8.76. The molecule has 0 aromatic heterocycles. The van der Waals surface area contributed by atoms with Gasteiger partial charge in [-0.2, -0.15) is 15.8 Å². The van der Waals surface area contributed by atoms with E-state index in [1.807, 2.05) is 19.1 Å². The molecule has 1 rings (SSSR count). The highest BCUT2D eigenvalue weighted by Gasteiger charge is 2.09. The normalized spacial score (nSPS) is 8.88. The molecular formula is C13H11N3. The van der Waals surface area contributed by atoms with Crippen LogP contribution >= 0.6 is 0 Å². The first-order valence-corrected chi connectivity index (χ1v) is 4.95. The van der Waals surface area contributed by atoms with E-state index in [2.05, 4.69) is 18.2 Å². The fourth-order valence-electron chi connectivity index (χ4n) is 1.76. The van der Waals surface area contributed by atoms with E-state index in [1.165, 1.54) is 0 Å². The third-order valence-electron chi connectivity index (χ3n) is 2.37. The predicted octanol–water partition coefficient (Wildman–Crippen LogP) is 2.19. The van der Waals surface area contributed by atoms with Gasteiger partial charge in [-0.15, -0.1) is 0 Å². The SMILES string of the molecule is Cc1cc(CC#N)c(CC#N)c(CC#N)c1. The van der Waals surface area contributed by atoms with Gasteiger partial charge in [-0.05, 0) is 23.6 Å². The fourth-order valence-corrected chi connectivity index (χ4v) is 1.76. The molecule has 1 aromatic rings. The van der Waals surface area contributed by atoms with Crippen molar-refractivity contribution in [2.75, 3.05) is 0 Å². The monoisotopic (exact) mass is 209 g/mol. The summed E-state index contributed by atoms with van der Waals surface area (Å²) in [7, 11) is 0. The van der Waals surface area contributed by atoms with Crippen molar-refractivity contribution < 1.29 is 0 Å². The standard InChI is InChI=1S/C13H11N3/c1-10-8-11(2-5-14)13(4-7-16)12(9-10)3-6-15/h8-9H,2-4H2,1H3. The third-order valence-corrected chi connectivity index (χ3v) is 2.37. The van der Waals surface area contributed by atoms with Crippen molar-refractivity contribution >= 4 is 0 Å². The Hall–Kier alpha value is -2.31. The zero-order valence-corrected chi connectivity index (χ0v) is 9.12. The second kappa shape index (κ2) is 5.54. The van der Waals surface area contributed by atoms with E-state index in [0.29, 0.717) is 0 Å². The van der Waals surface area contributed by atoms with E-state index in [0.717, 1.165) is 22.3 Å². The van der Waals surface area contributed by atoms with Crippen LogP contribution in [0.15, 0.2) is 12.1 Å². The first-order valence-electron chi connectivity index (χ1n) is 4.95. The van der Waals surface area contributed by atoms with Gasteiger partial charge in [0.05, 0.1) is 37.5 Å². The van der Waals surface area contributed by atoms with Crippen LogP contribution < -0.4 is 0 Å². The van der Waals surface area contributed by atoms with Gasteiger partial charge < -0.3 is 0 Å². The summed E-state index contributed by atoms with van der Waals surface area (Å²) in [6, 6.07) is 10.1. The van der Waals surface area contributed by atoms with Gasteiger partial charge in [-0.25, -0.2) is 0 Å². The lowest BCUT2D eigenvalue weighted by atomic mass is 9.93. The van der Waals surface area contributed by atoms with E-state index in [-0.39, 0.29) is 19.3 Å². The zero-order chi connectivity index (χ0) is 12.0. The molecule has 3 heteroatoms. The van der Waals surface area contributed by atoms with Crippen molar-refractivity contribution in [2.45, 2.75) is 26.2 Å². The highest BCUT2D eigenvalue weighted by atomic mass is 14.3. The Morgan fingerprint density at radius 1 is 0.875 bits per heavy atom. The summed E-state index contributed by atoms with van der Waals surface area (Å²) < 4.78 is 0. The summed E-state index contributed by atoms with van der Waals surface area (Å²) in [6.45, 7) is 1.93. The molecule has 0 unspecified atom stereocenters. The van der Waals surface area contributed by atoms with E-state index in [1.54, 1.807) is 0 Å². The van der Waals surface area contributed by atoms with Gasteiger partial charge in [0.25, 0.3) is 0 Å². The minimum atomic E-state index is 0.258. The Balaban J connectivity index is 3.32. The topological polar surface area (TPSA) is 71.4 Å². The van der Waals surface area contributed by atoms with Crippen molar-refractivity contribution in [1.29, 1.82) is 15.8 Å². The summed E-state index contributed by atoms with van der Waals surface area (Å²) in [5.41, 5.74) is 3.61. The van der Waals surface area contributed by atoms with Crippen LogP contribution in [0.5, 0.6) is 0 Å². The average molecular weight is 209 g/mol. The highest BCUT2D eigenvalue weighted by molar-refractivity contribution is 5.42. The van der Waals surface area contributed by atoms with E-state index in [4.69, 9.17) is 15.8 Å². The smallest absolute Gasteiger partial charge is 0.0669 e. The number of nitrogens with zero attached hydrogens (tertiary/aromatic N) is 3. The molecule has 0 spiro atoms.